The number of hydrogen-bond donors (Lipinski definition) is 0. The van der Waals surface area contributed by atoms with Gasteiger partial charge in [-0.25, -0.2) is 9.78 Å². The monoisotopic (exact) mass is 413 g/mol. The van der Waals surface area contributed by atoms with E-state index in [1.54, 1.807) is 24.3 Å². The van der Waals surface area contributed by atoms with Gasteiger partial charge in [-0.3, -0.25) is 0 Å². The fourth-order valence-electron chi connectivity index (χ4n) is 2.74. The normalized spacial score (nSPS) is 10.5. The molecule has 7 heteroatoms. The Morgan fingerprint density at radius 2 is 1.54 bits per heavy atom. The SMILES string of the molecule is COc1cccnc1C(=O)OB(c1ccc(C)c(Cl)c1)c1ccc(C)c(Cl)c1. The summed E-state index contributed by atoms with van der Waals surface area (Å²) < 4.78 is 11.1. The summed E-state index contributed by atoms with van der Waals surface area (Å²) in [4.78, 5) is 17.0. The third-order valence-corrected chi connectivity index (χ3v) is 5.22. The van der Waals surface area contributed by atoms with Crippen LogP contribution >= 0.6 is 23.2 Å². The minimum absolute atomic E-state index is 0.103. The minimum atomic E-state index is -0.699. The van der Waals surface area contributed by atoms with Crippen molar-refractivity contribution in [2.45, 2.75) is 13.8 Å². The lowest BCUT2D eigenvalue weighted by molar-refractivity contribution is 0.0729. The quantitative estimate of drug-likeness (QED) is 0.593. The van der Waals surface area contributed by atoms with Gasteiger partial charge in [0.2, 0.25) is 0 Å². The first kappa shape index (κ1) is 20.2. The molecule has 2 aromatic carbocycles. The Morgan fingerprint density at radius 1 is 0.964 bits per heavy atom. The zero-order valence-electron chi connectivity index (χ0n) is 15.7. The van der Waals surface area contributed by atoms with E-state index in [0.29, 0.717) is 15.8 Å². The van der Waals surface area contributed by atoms with Crippen LogP contribution in [0.25, 0.3) is 0 Å². The van der Waals surface area contributed by atoms with E-state index in [9.17, 15) is 4.79 Å². The highest BCUT2D eigenvalue weighted by atomic mass is 35.5. The van der Waals surface area contributed by atoms with Crippen molar-refractivity contribution in [2.24, 2.45) is 0 Å². The number of pyridine rings is 1. The third-order valence-electron chi connectivity index (χ3n) is 4.41. The molecule has 0 saturated carbocycles. The van der Waals surface area contributed by atoms with Gasteiger partial charge in [0.15, 0.2) is 11.4 Å². The van der Waals surface area contributed by atoms with E-state index in [4.69, 9.17) is 32.6 Å². The summed E-state index contributed by atoms with van der Waals surface area (Å²) in [5.41, 5.74) is 3.44. The summed E-state index contributed by atoms with van der Waals surface area (Å²) in [6.45, 7) is 3.12. The molecule has 0 amide bonds. The predicted molar refractivity (Wildman–Crippen MR) is 114 cm³/mol. The van der Waals surface area contributed by atoms with Crippen molar-refractivity contribution in [3.8, 4) is 5.75 Å². The average Bonchev–Trinajstić information content (AvgIpc) is 2.70. The van der Waals surface area contributed by atoms with Gasteiger partial charge in [0, 0.05) is 16.2 Å². The van der Waals surface area contributed by atoms with E-state index in [2.05, 4.69) is 4.98 Å². The Hall–Kier alpha value is -2.50. The maximum Gasteiger partial charge on any atom is 0.430 e. The third kappa shape index (κ3) is 4.32. The zero-order chi connectivity index (χ0) is 20.3. The van der Waals surface area contributed by atoms with Crippen LogP contribution in [0, 0.1) is 13.8 Å². The molecule has 3 aromatic rings. The molecule has 0 unspecified atom stereocenters. The van der Waals surface area contributed by atoms with E-state index in [1.807, 2.05) is 38.1 Å². The summed E-state index contributed by atoms with van der Waals surface area (Å²) in [7, 11) is 1.48. The molecule has 0 bridgehead atoms. The number of ether oxygens (including phenoxy) is 1. The molecule has 0 radical (unpaired) electrons. The lowest BCUT2D eigenvalue weighted by Crippen LogP contribution is -2.46. The maximum atomic E-state index is 12.9. The number of benzene rings is 2. The van der Waals surface area contributed by atoms with Crippen molar-refractivity contribution in [1.82, 2.24) is 4.98 Å². The molecule has 3 rings (SSSR count). The van der Waals surface area contributed by atoms with Gasteiger partial charge in [0.1, 0.15) is 0 Å². The van der Waals surface area contributed by atoms with E-state index in [-0.39, 0.29) is 5.69 Å². The van der Waals surface area contributed by atoms with E-state index in [0.717, 1.165) is 22.1 Å². The molecule has 4 nitrogen and oxygen atoms in total. The second kappa shape index (κ2) is 8.67. The molecular weight excluding hydrogens is 396 g/mol. The molecule has 0 fully saturated rings. The van der Waals surface area contributed by atoms with Gasteiger partial charge in [-0.2, -0.15) is 0 Å². The van der Waals surface area contributed by atoms with Gasteiger partial charge in [-0.15, -0.1) is 0 Å². The molecule has 0 saturated heterocycles. The molecule has 28 heavy (non-hydrogen) atoms. The molecule has 1 heterocycles. The predicted octanol–water partition coefficient (Wildman–Crippen LogP) is 3.98. The number of carbonyl (C=O) groups excluding carboxylic acids is 1. The van der Waals surface area contributed by atoms with Crippen molar-refractivity contribution in [3.63, 3.8) is 0 Å². The van der Waals surface area contributed by atoms with Crippen molar-refractivity contribution in [2.75, 3.05) is 7.11 Å². The van der Waals surface area contributed by atoms with Crippen LogP contribution in [0.1, 0.15) is 21.6 Å². The molecule has 1 aromatic heterocycles. The van der Waals surface area contributed by atoms with Crippen LogP contribution in [0.3, 0.4) is 0 Å². The molecule has 0 aliphatic rings. The lowest BCUT2D eigenvalue weighted by Gasteiger charge is -2.17. The number of halogens is 2. The number of aromatic nitrogens is 1. The zero-order valence-corrected chi connectivity index (χ0v) is 17.2. The minimum Gasteiger partial charge on any atom is -0.521 e. The summed E-state index contributed by atoms with van der Waals surface area (Å²) in [6.07, 6.45) is 1.51. The Bertz CT molecular complexity index is 975. The number of carbonyl (C=O) groups is 1. The van der Waals surface area contributed by atoms with Crippen molar-refractivity contribution in [3.05, 3.63) is 81.6 Å². The van der Waals surface area contributed by atoms with Crippen LogP contribution < -0.4 is 15.7 Å². The maximum absolute atomic E-state index is 12.9. The summed E-state index contributed by atoms with van der Waals surface area (Å²) >= 11 is 12.6. The van der Waals surface area contributed by atoms with Gasteiger partial charge in [0.25, 0.3) is 0 Å². The van der Waals surface area contributed by atoms with Crippen molar-refractivity contribution >= 4 is 47.0 Å². The average molecular weight is 414 g/mol. The van der Waals surface area contributed by atoms with Gasteiger partial charge in [-0.1, -0.05) is 47.5 Å². The standard InChI is InChI=1S/C21H18BCl2NO3/c1-13-6-8-15(11-17(13)23)22(16-9-7-14(2)18(24)12-16)28-21(26)20-19(27-3)5-4-10-25-20/h4-12H,1-3H3. The van der Waals surface area contributed by atoms with Crippen LogP contribution in [0.15, 0.2) is 54.7 Å². The molecule has 142 valence electrons. The first-order valence-corrected chi connectivity index (χ1v) is 9.38. The van der Waals surface area contributed by atoms with Crippen molar-refractivity contribution < 1.29 is 14.2 Å². The fraction of sp³-hybridized carbons (Fsp3) is 0.143. The topological polar surface area (TPSA) is 48.4 Å². The number of methoxy groups -OCH3 is 1. The van der Waals surface area contributed by atoms with E-state index < -0.39 is 12.9 Å². The fourth-order valence-corrected chi connectivity index (χ4v) is 3.12. The summed E-state index contributed by atoms with van der Waals surface area (Å²) in [6, 6.07) is 14.4. The highest BCUT2D eigenvalue weighted by Crippen LogP contribution is 2.18. The van der Waals surface area contributed by atoms with Crippen LogP contribution in [0.4, 0.5) is 0 Å². The van der Waals surface area contributed by atoms with Gasteiger partial charge < -0.3 is 9.39 Å². The lowest BCUT2D eigenvalue weighted by atomic mass is 9.55. The Balaban J connectivity index is 2.04. The molecule has 0 aliphatic heterocycles. The van der Waals surface area contributed by atoms with Gasteiger partial charge >= 0.3 is 12.9 Å². The number of rotatable bonds is 5. The number of hydrogen-bond acceptors (Lipinski definition) is 4. The van der Waals surface area contributed by atoms with E-state index in [1.165, 1.54) is 13.3 Å². The van der Waals surface area contributed by atoms with Crippen LogP contribution in [0.2, 0.25) is 10.0 Å². The molecule has 0 aliphatic carbocycles. The Labute approximate surface area is 174 Å². The molecule has 0 N–H and O–H groups in total. The highest BCUT2D eigenvalue weighted by Gasteiger charge is 2.29. The van der Waals surface area contributed by atoms with Crippen LogP contribution in [0.5, 0.6) is 5.75 Å². The smallest absolute Gasteiger partial charge is 0.430 e. The van der Waals surface area contributed by atoms with Crippen molar-refractivity contribution in [1.29, 1.82) is 0 Å². The van der Waals surface area contributed by atoms with Gasteiger partial charge in [0.05, 0.1) is 7.11 Å². The summed E-state index contributed by atoms with van der Waals surface area (Å²) in [5.74, 6) is -0.258. The molecule has 0 atom stereocenters. The number of aryl methyl sites for hydroxylation is 2. The first-order valence-electron chi connectivity index (χ1n) is 8.62. The first-order chi connectivity index (χ1) is 13.4. The summed E-state index contributed by atoms with van der Waals surface area (Å²) in [5, 5.41) is 1.18. The molecular formula is C21H18BCl2NO3. The van der Waals surface area contributed by atoms with Crippen LogP contribution in [-0.2, 0) is 4.65 Å². The largest absolute Gasteiger partial charge is 0.521 e. The highest BCUT2D eigenvalue weighted by molar-refractivity contribution is 6.81. The number of nitrogens with zero attached hydrogens (tertiary/aromatic N) is 1. The second-order valence-electron chi connectivity index (χ2n) is 6.36. The second-order valence-corrected chi connectivity index (χ2v) is 7.17. The van der Waals surface area contributed by atoms with E-state index >= 15 is 0 Å². The Morgan fingerprint density at radius 3 is 2.04 bits per heavy atom. The Kier molecular flexibility index (Phi) is 6.27. The van der Waals surface area contributed by atoms with Gasteiger partial charge in [-0.05, 0) is 60.2 Å². The molecule has 0 spiro atoms. The van der Waals surface area contributed by atoms with Crippen LogP contribution in [-0.4, -0.2) is 25.0 Å².